The van der Waals surface area contributed by atoms with Crippen LogP contribution in [0.25, 0.3) is 0 Å². The molecular weight excluding hydrogens is 283 g/mol. The molecule has 0 radical (unpaired) electrons. The molecule has 0 spiro atoms. The Labute approximate surface area is 117 Å². The van der Waals surface area contributed by atoms with Gasteiger partial charge in [0.15, 0.2) is 0 Å². The van der Waals surface area contributed by atoms with E-state index in [1.807, 2.05) is 0 Å². The predicted octanol–water partition coefficient (Wildman–Crippen LogP) is 2.05. The summed E-state index contributed by atoms with van der Waals surface area (Å²) in [6, 6.07) is 1.66. The van der Waals surface area contributed by atoms with Crippen LogP contribution in [0.2, 0.25) is 0 Å². The third kappa shape index (κ3) is 3.08. The molecule has 0 bridgehead atoms. The molecule has 2 rings (SSSR count). The molecule has 8 nitrogen and oxygen atoms in total. The van der Waals surface area contributed by atoms with Gasteiger partial charge in [0.05, 0.1) is 41.7 Å². The average molecular weight is 292 g/mol. The monoisotopic (exact) mass is 292 g/mol. The molecule has 108 valence electrons. The van der Waals surface area contributed by atoms with Gasteiger partial charge in [0.25, 0.3) is 5.69 Å². The first-order valence-electron chi connectivity index (χ1n) is 5.61. The fraction of sp³-hybridized carbons (Fsp3) is 0.0833. The predicted molar refractivity (Wildman–Crippen MR) is 69.7 cm³/mol. The van der Waals surface area contributed by atoms with Gasteiger partial charge in [0.1, 0.15) is 17.8 Å². The van der Waals surface area contributed by atoms with Crippen LogP contribution in [0.5, 0.6) is 0 Å². The van der Waals surface area contributed by atoms with Crippen molar-refractivity contribution in [1.29, 1.82) is 0 Å². The Kier molecular flexibility index (Phi) is 4.02. The summed E-state index contributed by atoms with van der Waals surface area (Å²) in [4.78, 5) is 29.1. The van der Waals surface area contributed by atoms with Crippen molar-refractivity contribution in [3.63, 3.8) is 0 Å². The number of ether oxygens (including phenoxy) is 1. The van der Waals surface area contributed by atoms with Crippen LogP contribution in [-0.2, 0) is 4.74 Å². The maximum absolute atomic E-state index is 13.7. The van der Waals surface area contributed by atoms with E-state index in [-0.39, 0.29) is 5.69 Å². The topological polar surface area (TPSA) is 107 Å². The zero-order chi connectivity index (χ0) is 15.4. The Morgan fingerprint density at radius 3 is 2.62 bits per heavy atom. The number of hydrogen-bond donors (Lipinski definition) is 1. The first-order chi connectivity index (χ1) is 10.0. The number of carbonyl (C=O) groups is 1. The number of rotatable bonds is 4. The maximum Gasteiger partial charge on any atom is 0.340 e. The van der Waals surface area contributed by atoms with Gasteiger partial charge in [-0.05, 0) is 6.07 Å². The first-order valence-corrected chi connectivity index (χ1v) is 5.61. The van der Waals surface area contributed by atoms with E-state index in [4.69, 9.17) is 0 Å². The molecule has 0 aliphatic rings. The highest BCUT2D eigenvalue weighted by Crippen LogP contribution is 2.30. The summed E-state index contributed by atoms with van der Waals surface area (Å²) in [5.74, 6) is -1.97. The lowest BCUT2D eigenvalue weighted by atomic mass is 10.1. The molecule has 1 N–H and O–H groups in total. The Morgan fingerprint density at radius 1 is 1.38 bits per heavy atom. The molecule has 0 aliphatic heterocycles. The molecule has 2 aromatic rings. The summed E-state index contributed by atoms with van der Waals surface area (Å²) < 4.78 is 18.1. The second-order valence-electron chi connectivity index (χ2n) is 3.85. The van der Waals surface area contributed by atoms with Crippen LogP contribution >= 0.6 is 0 Å². The standard InChI is InChI=1S/C12H9FN4O4/c1-21-12(18)8-2-10(11(17(19)20)3-9(8)13)16-7-4-14-6-15-5-7/h2-6,16H,1H3. The number of esters is 1. The fourth-order valence-corrected chi connectivity index (χ4v) is 1.60. The number of nitrogens with zero attached hydrogens (tertiary/aromatic N) is 3. The van der Waals surface area contributed by atoms with E-state index < -0.39 is 28.0 Å². The molecule has 0 aliphatic carbocycles. The molecule has 0 amide bonds. The minimum atomic E-state index is -1.04. The number of halogens is 1. The molecule has 0 fully saturated rings. The smallest absolute Gasteiger partial charge is 0.340 e. The molecule has 1 heterocycles. The van der Waals surface area contributed by atoms with Gasteiger partial charge in [-0.25, -0.2) is 19.2 Å². The van der Waals surface area contributed by atoms with Gasteiger partial charge in [0, 0.05) is 0 Å². The largest absolute Gasteiger partial charge is 0.465 e. The van der Waals surface area contributed by atoms with Gasteiger partial charge in [-0.2, -0.15) is 0 Å². The molecule has 0 unspecified atom stereocenters. The van der Waals surface area contributed by atoms with Crippen molar-refractivity contribution in [1.82, 2.24) is 9.97 Å². The lowest BCUT2D eigenvalue weighted by Gasteiger charge is -2.08. The SMILES string of the molecule is COC(=O)c1cc(Nc2cncnc2)c([N+](=O)[O-])cc1F. The van der Waals surface area contributed by atoms with Crippen LogP contribution in [0.4, 0.5) is 21.5 Å². The van der Waals surface area contributed by atoms with E-state index in [2.05, 4.69) is 20.0 Å². The third-order valence-corrected chi connectivity index (χ3v) is 2.53. The molecule has 21 heavy (non-hydrogen) atoms. The number of methoxy groups -OCH3 is 1. The number of nitro groups is 1. The highest BCUT2D eigenvalue weighted by Gasteiger charge is 2.22. The van der Waals surface area contributed by atoms with Crippen molar-refractivity contribution >= 4 is 23.0 Å². The lowest BCUT2D eigenvalue weighted by Crippen LogP contribution is -2.07. The number of hydrogen-bond acceptors (Lipinski definition) is 7. The van der Waals surface area contributed by atoms with Crippen molar-refractivity contribution in [3.05, 3.63) is 52.3 Å². The average Bonchev–Trinajstić information content (AvgIpc) is 2.48. The van der Waals surface area contributed by atoms with Crippen LogP contribution in [0.15, 0.2) is 30.9 Å². The van der Waals surface area contributed by atoms with E-state index in [0.29, 0.717) is 11.8 Å². The fourth-order valence-electron chi connectivity index (χ4n) is 1.60. The molecular formula is C12H9FN4O4. The Balaban J connectivity index is 2.51. The van der Waals surface area contributed by atoms with E-state index in [9.17, 15) is 19.3 Å². The zero-order valence-electron chi connectivity index (χ0n) is 10.7. The summed E-state index contributed by atoms with van der Waals surface area (Å²) in [5.41, 5.74) is -0.661. The highest BCUT2D eigenvalue weighted by atomic mass is 19.1. The molecule has 0 saturated heterocycles. The van der Waals surface area contributed by atoms with Crippen molar-refractivity contribution < 1.29 is 18.8 Å². The van der Waals surface area contributed by atoms with Crippen molar-refractivity contribution in [3.8, 4) is 0 Å². The Morgan fingerprint density at radius 2 is 2.05 bits per heavy atom. The second kappa shape index (κ2) is 5.90. The second-order valence-corrected chi connectivity index (χ2v) is 3.85. The highest BCUT2D eigenvalue weighted by molar-refractivity contribution is 5.92. The van der Waals surface area contributed by atoms with Crippen LogP contribution in [0, 0.1) is 15.9 Å². The molecule has 1 aromatic heterocycles. The number of aromatic nitrogens is 2. The van der Waals surface area contributed by atoms with E-state index in [1.165, 1.54) is 18.7 Å². The first kappa shape index (κ1) is 14.3. The van der Waals surface area contributed by atoms with Gasteiger partial charge in [-0.1, -0.05) is 0 Å². The number of benzene rings is 1. The maximum atomic E-state index is 13.7. The van der Waals surface area contributed by atoms with E-state index in [1.54, 1.807) is 0 Å². The number of nitro benzene ring substituents is 1. The van der Waals surface area contributed by atoms with E-state index >= 15 is 0 Å². The Hall–Kier alpha value is -3.10. The van der Waals surface area contributed by atoms with Crippen molar-refractivity contribution in [2.45, 2.75) is 0 Å². The summed E-state index contributed by atoms with van der Waals surface area (Å²) in [6.45, 7) is 0. The minimum Gasteiger partial charge on any atom is -0.465 e. The normalized spacial score (nSPS) is 10.0. The van der Waals surface area contributed by atoms with Crippen molar-refractivity contribution in [2.24, 2.45) is 0 Å². The molecule has 9 heteroatoms. The number of nitrogens with one attached hydrogen (secondary N) is 1. The van der Waals surface area contributed by atoms with Gasteiger partial charge >= 0.3 is 5.97 Å². The molecule has 0 saturated carbocycles. The van der Waals surface area contributed by atoms with Gasteiger partial charge < -0.3 is 10.1 Å². The van der Waals surface area contributed by atoms with Gasteiger partial charge in [0.2, 0.25) is 0 Å². The summed E-state index contributed by atoms with van der Waals surface area (Å²) in [5, 5.41) is 13.6. The summed E-state index contributed by atoms with van der Waals surface area (Å²) >= 11 is 0. The van der Waals surface area contributed by atoms with Crippen LogP contribution in [0.3, 0.4) is 0 Å². The van der Waals surface area contributed by atoms with Crippen LogP contribution in [0.1, 0.15) is 10.4 Å². The quantitative estimate of drug-likeness (QED) is 0.522. The summed E-state index contributed by atoms with van der Waals surface area (Å²) in [6.07, 6.45) is 4.03. The third-order valence-electron chi connectivity index (χ3n) is 2.53. The van der Waals surface area contributed by atoms with Gasteiger partial charge in [-0.15, -0.1) is 0 Å². The van der Waals surface area contributed by atoms with Crippen LogP contribution < -0.4 is 5.32 Å². The molecule has 1 aromatic carbocycles. The minimum absolute atomic E-state index is 0.0726. The number of carbonyl (C=O) groups excluding carboxylic acids is 1. The lowest BCUT2D eigenvalue weighted by molar-refractivity contribution is -0.384. The van der Waals surface area contributed by atoms with Crippen molar-refractivity contribution in [2.75, 3.05) is 12.4 Å². The molecule has 0 atom stereocenters. The zero-order valence-corrected chi connectivity index (χ0v) is 10.7. The Bertz CT molecular complexity index is 693. The van der Waals surface area contributed by atoms with Crippen LogP contribution in [-0.4, -0.2) is 28.0 Å². The summed E-state index contributed by atoms with van der Waals surface area (Å²) in [7, 11) is 1.08. The van der Waals surface area contributed by atoms with Gasteiger partial charge in [-0.3, -0.25) is 10.1 Å². The number of anilines is 2. The van der Waals surface area contributed by atoms with E-state index in [0.717, 1.165) is 13.2 Å².